The minimum atomic E-state index is 0.359. The number of aliphatic imine (C=N–C) groups is 1. The largest absolute Gasteiger partial charge is 0.355 e. The Morgan fingerprint density at radius 2 is 2.12 bits per heavy atom. The van der Waals surface area contributed by atoms with Crippen LogP contribution in [0.2, 0.25) is 0 Å². The standard InChI is InChI=1S/C17H31N7/c1-13-20-16-9-8-14(12-24(16)22-13)21-17(18-2)19-10-11-23(3)15-6-4-5-7-15/h14-15H,4-12H2,1-3H3,(H2,18,19,21). The summed E-state index contributed by atoms with van der Waals surface area (Å²) in [6.07, 6.45) is 7.52. The van der Waals surface area contributed by atoms with Gasteiger partial charge in [-0.1, -0.05) is 12.8 Å². The zero-order valence-electron chi connectivity index (χ0n) is 15.3. The maximum absolute atomic E-state index is 4.46. The van der Waals surface area contributed by atoms with Gasteiger partial charge in [0, 0.05) is 38.6 Å². The highest BCUT2D eigenvalue weighted by molar-refractivity contribution is 5.79. The topological polar surface area (TPSA) is 70.4 Å². The van der Waals surface area contributed by atoms with E-state index in [9.17, 15) is 0 Å². The molecule has 1 aliphatic heterocycles. The highest BCUT2D eigenvalue weighted by Gasteiger charge is 2.22. The summed E-state index contributed by atoms with van der Waals surface area (Å²) in [6.45, 7) is 4.80. The first-order chi connectivity index (χ1) is 11.7. The Kier molecular flexibility index (Phi) is 5.71. The molecule has 1 aliphatic carbocycles. The lowest BCUT2D eigenvalue weighted by Gasteiger charge is -2.27. The second kappa shape index (κ2) is 7.96. The minimum absolute atomic E-state index is 0.359. The summed E-state index contributed by atoms with van der Waals surface area (Å²) in [5.41, 5.74) is 0. The van der Waals surface area contributed by atoms with Crippen LogP contribution in [-0.4, -0.2) is 64.9 Å². The fourth-order valence-electron chi connectivity index (χ4n) is 3.82. The first kappa shape index (κ1) is 17.2. The van der Waals surface area contributed by atoms with Crippen molar-refractivity contribution in [3.63, 3.8) is 0 Å². The van der Waals surface area contributed by atoms with E-state index in [0.29, 0.717) is 6.04 Å². The molecule has 24 heavy (non-hydrogen) atoms. The fourth-order valence-corrected chi connectivity index (χ4v) is 3.82. The van der Waals surface area contributed by atoms with Crippen molar-refractivity contribution in [3.8, 4) is 0 Å². The molecule has 1 aromatic heterocycles. The number of rotatable bonds is 5. The molecule has 0 aromatic carbocycles. The number of hydrogen-bond acceptors (Lipinski definition) is 4. The molecule has 2 N–H and O–H groups in total. The van der Waals surface area contributed by atoms with E-state index in [1.54, 1.807) is 0 Å². The van der Waals surface area contributed by atoms with Crippen LogP contribution in [0.1, 0.15) is 43.8 Å². The fraction of sp³-hybridized carbons (Fsp3) is 0.824. The van der Waals surface area contributed by atoms with Crippen molar-refractivity contribution in [1.29, 1.82) is 0 Å². The Bertz CT molecular complexity index is 559. The Morgan fingerprint density at radius 1 is 1.33 bits per heavy atom. The van der Waals surface area contributed by atoms with Crippen LogP contribution in [0.25, 0.3) is 0 Å². The number of aryl methyl sites for hydroxylation is 2. The molecule has 7 nitrogen and oxygen atoms in total. The SMILES string of the molecule is CN=C(NCCN(C)C1CCCC1)NC1CCc2nc(C)nn2C1. The number of fused-ring (bicyclic) bond motifs is 1. The maximum Gasteiger partial charge on any atom is 0.191 e. The summed E-state index contributed by atoms with van der Waals surface area (Å²) < 4.78 is 2.03. The molecule has 0 radical (unpaired) electrons. The Hall–Kier alpha value is -1.63. The highest BCUT2D eigenvalue weighted by atomic mass is 15.4. The predicted octanol–water partition coefficient (Wildman–Crippen LogP) is 0.941. The molecule has 1 aromatic rings. The zero-order valence-corrected chi connectivity index (χ0v) is 15.3. The highest BCUT2D eigenvalue weighted by Crippen LogP contribution is 2.21. The van der Waals surface area contributed by atoms with Crippen LogP contribution in [0.4, 0.5) is 0 Å². The van der Waals surface area contributed by atoms with Gasteiger partial charge in [-0.05, 0) is 33.2 Å². The van der Waals surface area contributed by atoms with E-state index in [4.69, 9.17) is 0 Å². The monoisotopic (exact) mass is 333 g/mol. The summed E-state index contributed by atoms with van der Waals surface area (Å²) >= 11 is 0. The number of guanidine groups is 1. The van der Waals surface area contributed by atoms with Gasteiger partial charge in [0.25, 0.3) is 0 Å². The maximum atomic E-state index is 4.46. The lowest BCUT2D eigenvalue weighted by Crippen LogP contribution is -2.48. The zero-order chi connectivity index (χ0) is 16.9. The van der Waals surface area contributed by atoms with Gasteiger partial charge >= 0.3 is 0 Å². The minimum Gasteiger partial charge on any atom is -0.355 e. The average Bonchev–Trinajstić information content (AvgIpc) is 3.21. The van der Waals surface area contributed by atoms with Crippen LogP contribution in [0.5, 0.6) is 0 Å². The van der Waals surface area contributed by atoms with E-state index >= 15 is 0 Å². The molecular formula is C17H31N7. The van der Waals surface area contributed by atoms with Crippen LogP contribution in [0.3, 0.4) is 0 Å². The van der Waals surface area contributed by atoms with Crippen molar-refractivity contribution < 1.29 is 0 Å². The first-order valence-electron chi connectivity index (χ1n) is 9.23. The number of nitrogens with zero attached hydrogens (tertiary/aromatic N) is 5. The van der Waals surface area contributed by atoms with Gasteiger partial charge in [-0.3, -0.25) is 4.99 Å². The number of likely N-dealkylation sites (N-methyl/N-ethyl adjacent to an activating group) is 1. The van der Waals surface area contributed by atoms with Gasteiger partial charge in [-0.15, -0.1) is 0 Å². The molecule has 3 rings (SSSR count). The van der Waals surface area contributed by atoms with E-state index in [2.05, 4.69) is 37.7 Å². The van der Waals surface area contributed by atoms with Crippen molar-refractivity contribution in [3.05, 3.63) is 11.6 Å². The summed E-state index contributed by atoms with van der Waals surface area (Å²) in [4.78, 5) is 11.3. The van der Waals surface area contributed by atoms with E-state index in [0.717, 1.165) is 56.1 Å². The molecule has 1 unspecified atom stereocenters. The lowest BCUT2D eigenvalue weighted by atomic mass is 10.1. The van der Waals surface area contributed by atoms with Crippen LogP contribution >= 0.6 is 0 Å². The third kappa shape index (κ3) is 4.26. The normalized spacial score (nSPS) is 22.0. The molecule has 0 spiro atoms. The van der Waals surface area contributed by atoms with Gasteiger partial charge in [-0.25, -0.2) is 9.67 Å². The summed E-state index contributed by atoms with van der Waals surface area (Å²) in [7, 11) is 4.08. The van der Waals surface area contributed by atoms with Gasteiger partial charge in [0.2, 0.25) is 0 Å². The van der Waals surface area contributed by atoms with Crippen molar-refractivity contribution in [1.82, 2.24) is 30.3 Å². The van der Waals surface area contributed by atoms with Crippen LogP contribution in [0.15, 0.2) is 4.99 Å². The Balaban J connectivity index is 1.42. The lowest BCUT2D eigenvalue weighted by molar-refractivity contribution is 0.249. The van der Waals surface area contributed by atoms with Gasteiger partial charge < -0.3 is 15.5 Å². The predicted molar refractivity (Wildman–Crippen MR) is 96.3 cm³/mol. The molecule has 1 atom stereocenters. The summed E-state index contributed by atoms with van der Waals surface area (Å²) in [5.74, 6) is 2.86. The second-order valence-electron chi connectivity index (χ2n) is 7.06. The molecule has 7 heteroatoms. The Labute approximate surface area is 144 Å². The van der Waals surface area contributed by atoms with Gasteiger partial charge in [0.15, 0.2) is 5.96 Å². The molecule has 0 bridgehead atoms. The van der Waals surface area contributed by atoms with Crippen molar-refractivity contribution in [2.45, 2.75) is 64.1 Å². The van der Waals surface area contributed by atoms with Crippen molar-refractivity contribution in [2.75, 3.05) is 27.2 Å². The van der Waals surface area contributed by atoms with Crippen LogP contribution in [-0.2, 0) is 13.0 Å². The smallest absolute Gasteiger partial charge is 0.191 e. The third-order valence-electron chi connectivity index (χ3n) is 5.23. The number of hydrogen-bond donors (Lipinski definition) is 2. The van der Waals surface area contributed by atoms with Gasteiger partial charge in [-0.2, -0.15) is 5.10 Å². The third-order valence-corrected chi connectivity index (χ3v) is 5.23. The van der Waals surface area contributed by atoms with E-state index in [-0.39, 0.29) is 0 Å². The van der Waals surface area contributed by atoms with E-state index in [1.807, 2.05) is 18.7 Å². The first-order valence-corrected chi connectivity index (χ1v) is 9.23. The molecule has 2 heterocycles. The van der Waals surface area contributed by atoms with Crippen molar-refractivity contribution >= 4 is 5.96 Å². The quantitative estimate of drug-likeness (QED) is 0.620. The van der Waals surface area contributed by atoms with Crippen molar-refractivity contribution in [2.24, 2.45) is 4.99 Å². The van der Waals surface area contributed by atoms with Gasteiger partial charge in [0.05, 0.1) is 6.54 Å². The second-order valence-corrected chi connectivity index (χ2v) is 7.06. The molecular weight excluding hydrogens is 302 g/mol. The Morgan fingerprint density at radius 3 is 2.88 bits per heavy atom. The summed E-state index contributed by atoms with van der Waals surface area (Å²) in [5, 5.41) is 11.4. The molecule has 0 saturated heterocycles. The van der Waals surface area contributed by atoms with E-state index < -0.39 is 0 Å². The van der Waals surface area contributed by atoms with Crippen LogP contribution in [0, 0.1) is 6.92 Å². The molecule has 134 valence electrons. The molecule has 0 amide bonds. The number of nitrogens with one attached hydrogen (secondary N) is 2. The summed E-state index contributed by atoms with van der Waals surface area (Å²) in [6, 6.07) is 1.13. The van der Waals surface area contributed by atoms with Crippen LogP contribution < -0.4 is 10.6 Å². The number of aromatic nitrogens is 3. The molecule has 1 fully saturated rings. The molecule has 2 aliphatic rings. The average molecular weight is 333 g/mol. The molecule has 1 saturated carbocycles. The van der Waals surface area contributed by atoms with E-state index in [1.165, 1.54) is 25.7 Å². The van der Waals surface area contributed by atoms with Gasteiger partial charge in [0.1, 0.15) is 11.6 Å².